The Hall–Kier alpha value is -3.29. The van der Waals surface area contributed by atoms with Crippen LogP contribution >= 0.6 is 0 Å². The number of pyridine rings is 1. The SMILES string of the molecule is CCN(C(=O)c1cnc2c(c1)c(=O)[nH]c(=O)n2C1CC1)c1ccc(F)cc1. The zero-order valence-corrected chi connectivity index (χ0v) is 14.6. The van der Waals surface area contributed by atoms with Crippen LogP contribution in [0.3, 0.4) is 0 Å². The molecule has 0 bridgehead atoms. The van der Waals surface area contributed by atoms with Gasteiger partial charge in [0, 0.05) is 24.5 Å². The molecule has 138 valence electrons. The molecule has 1 N–H and O–H groups in total. The minimum Gasteiger partial charge on any atom is -0.309 e. The van der Waals surface area contributed by atoms with Crippen LogP contribution in [0.5, 0.6) is 0 Å². The van der Waals surface area contributed by atoms with E-state index in [9.17, 15) is 18.8 Å². The lowest BCUT2D eigenvalue weighted by Gasteiger charge is -2.21. The topological polar surface area (TPSA) is 88.1 Å². The van der Waals surface area contributed by atoms with Gasteiger partial charge in [-0.2, -0.15) is 0 Å². The number of benzene rings is 1. The summed E-state index contributed by atoms with van der Waals surface area (Å²) in [5.41, 5.74) is -0.00406. The number of amides is 1. The van der Waals surface area contributed by atoms with Gasteiger partial charge in [0.2, 0.25) is 0 Å². The summed E-state index contributed by atoms with van der Waals surface area (Å²) in [4.78, 5) is 45.3. The standard InChI is InChI=1S/C19H17FN4O3/c1-2-23(13-5-3-12(20)4-6-13)18(26)11-9-15-16(21-10-11)24(14-7-8-14)19(27)22-17(15)25/h3-6,9-10,14H,2,7-8H2,1H3,(H,22,25,27). The van der Waals surface area contributed by atoms with Crippen LogP contribution in [0.4, 0.5) is 10.1 Å². The molecule has 1 saturated carbocycles. The van der Waals surface area contributed by atoms with E-state index in [0.717, 1.165) is 12.8 Å². The zero-order valence-electron chi connectivity index (χ0n) is 14.6. The molecule has 1 fully saturated rings. The lowest BCUT2D eigenvalue weighted by molar-refractivity contribution is 0.0988. The van der Waals surface area contributed by atoms with Crippen molar-refractivity contribution in [3.63, 3.8) is 0 Å². The largest absolute Gasteiger partial charge is 0.330 e. The highest BCUT2D eigenvalue weighted by Gasteiger charge is 2.28. The van der Waals surface area contributed by atoms with E-state index in [0.29, 0.717) is 12.2 Å². The monoisotopic (exact) mass is 368 g/mol. The first kappa shape index (κ1) is 17.1. The number of hydrogen-bond donors (Lipinski definition) is 1. The Bertz CT molecular complexity index is 1150. The summed E-state index contributed by atoms with van der Waals surface area (Å²) in [6.07, 6.45) is 3.09. The van der Waals surface area contributed by atoms with Crippen LogP contribution in [0, 0.1) is 5.82 Å². The van der Waals surface area contributed by atoms with E-state index in [2.05, 4.69) is 9.97 Å². The van der Waals surface area contributed by atoms with Gasteiger partial charge in [0.25, 0.3) is 11.5 Å². The molecule has 0 saturated heterocycles. The number of nitrogens with zero attached hydrogens (tertiary/aromatic N) is 3. The number of nitrogens with one attached hydrogen (secondary N) is 1. The molecule has 27 heavy (non-hydrogen) atoms. The van der Waals surface area contributed by atoms with Crippen molar-refractivity contribution in [2.24, 2.45) is 0 Å². The van der Waals surface area contributed by atoms with E-state index in [1.54, 1.807) is 6.92 Å². The predicted molar refractivity (Wildman–Crippen MR) is 98.6 cm³/mol. The normalized spacial score (nSPS) is 13.7. The molecule has 8 heteroatoms. The number of halogens is 1. The average molecular weight is 368 g/mol. The molecule has 2 aromatic heterocycles. The first-order chi connectivity index (χ1) is 13.0. The molecule has 0 spiro atoms. The summed E-state index contributed by atoms with van der Waals surface area (Å²) in [6.45, 7) is 2.16. The Morgan fingerprint density at radius 1 is 1.30 bits per heavy atom. The summed E-state index contributed by atoms with van der Waals surface area (Å²) in [6, 6.07) is 7.09. The van der Waals surface area contributed by atoms with Crippen LogP contribution in [-0.2, 0) is 0 Å². The summed E-state index contributed by atoms with van der Waals surface area (Å²) in [5, 5.41) is 0.197. The highest BCUT2D eigenvalue weighted by molar-refractivity contribution is 6.07. The van der Waals surface area contributed by atoms with Crippen molar-refractivity contribution >= 4 is 22.6 Å². The highest BCUT2D eigenvalue weighted by Crippen LogP contribution is 2.34. The fourth-order valence-electron chi connectivity index (χ4n) is 3.15. The van der Waals surface area contributed by atoms with Crippen molar-refractivity contribution < 1.29 is 9.18 Å². The second kappa shape index (κ2) is 6.46. The number of aromatic nitrogens is 3. The van der Waals surface area contributed by atoms with E-state index in [-0.39, 0.29) is 34.4 Å². The van der Waals surface area contributed by atoms with Gasteiger partial charge in [-0.25, -0.2) is 14.2 Å². The molecule has 0 radical (unpaired) electrons. The molecule has 1 amide bonds. The maximum Gasteiger partial charge on any atom is 0.330 e. The molecule has 2 heterocycles. The van der Waals surface area contributed by atoms with Crippen LogP contribution in [0.15, 0.2) is 46.1 Å². The van der Waals surface area contributed by atoms with Crippen molar-refractivity contribution in [2.75, 3.05) is 11.4 Å². The van der Waals surface area contributed by atoms with E-state index in [4.69, 9.17) is 0 Å². The first-order valence-electron chi connectivity index (χ1n) is 8.71. The Morgan fingerprint density at radius 2 is 2.00 bits per heavy atom. The molecule has 0 aliphatic heterocycles. The molecule has 3 aromatic rings. The number of rotatable bonds is 4. The van der Waals surface area contributed by atoms with Crippen molar-refractivity contribution in [1.29, 1.82) is 0 Å². The second-order valence-electron chi connectivity index (χ2n) is 6.48. The summed E-state index contributed by atoms with van der Waals surface area (Å²) >= 11 is 0. The van der Waals surface area contributed by atoms with E-state index in [1.165, 1.54) is 46.0 Å². The van der Waals surface area contributed by atoms with Crippen LogP contribution in [0.2, 0.25) is 0 Å². The molecule has 0 unspecified atom stereocenters. The lowest BCUT2D eigenvalue weighted by atomic mass is 10.2. The van der Waals surface area contributed by atoms with Gasteiger partial charge in [-0.1, -0.05) is 0 Å². The smallest absolute Gasteiger partial charge is 0.309 e. The number of aromatic amines is 1. The fraction of sp³-hybridized carbons (Fsp3) is 0.263. The maximum absolute atomic E-state index is 13.2. The summed E-state index contributed by atoms with van der Waals surface area (Å²) in [7, 11) is 0. The minimum atomic E-state index is -0.570. The van der Waals surface area contributed by atoms with Gasteiger partial charge in [-0.15, -0.1) is 0 Å². The molecule has 1 aromatic carbocycles. The number of carbonyl (C=O) groups is 1. The Labute approximate surface area is 153 Å². The Balaban J connectivity index is 1.79. The van der Waals surface area contributed by atoms with Gasteiger partial charge in [0.15, 0.2) is 0 Å². The number of hydrogen-bond acceptors (Lipinski definition) is 4. The number of carbonyl (C=O) groups excluding carboxylic acids is 1. The third kappa shape index (κ3) is 3.03. The quantitative estimate of drug-likeness (QED) is 0.765. The van der Waals surface area contributed by atoms with Crippen molar-refractivity contribution in [3.8, 4) is 0 Å². The number of H-pyrrole nitrogens is 1. The zero-order chi connectivity index (χ0) is 19.1. The molecule has 4 rings (SSSR count). The molecular formula is C19H17FN4O3. The number of fused-ring (bicyclic) bond motifs is 1. The van der Waals surface area contributed by atoms with E-state index >= 15 is 0 Å². The molecule has 1 aliphatic carbocycles. The summed E-state index contributed by atoms with van der Waals surface area (Å²) in [5.74, 6) is -0.749. The van der Waals surface area contributed by atoms with Crippen molar-refractivity contribution in [1.82, 2.24) is 14.5 Å². The third-order valence-electron chi connectivity index (χ3n) is 4.64. The lowest BCUT2D eigenvalue weighted by Crippen LogP contribution is -2.32. The first-order valence-corrected chi connectivity index (χ1v) is 8.71. The van der Waals surface area contributed by atoms with Crippen LogP contribution in [0.25, 0.3) is 11.0 Å². The number of anilines is 1. The van der Waals surface area contributed by atoms with Crippen LogP contribution in [0.1, 0.15) is 36.2 Å². The van der Waals surface area contributed by atoms with Gasteiger partial charge >= 0.3 is 5.69 Å². The van der Waals surface area contributed by atoms with Crippen molar-refractivity contribution in [2.45, 2.75) is 25.8 Å². The van der Waals surface area contributed by atoms with Gasteiger partial charge in [-0.05, 0) is 50.1 Å². The Morgan fingerprint density at radius 3 is 2.63 bits per heavy atom. The van der Waals surface area contributed by atoms with E-state index < -0.39 is 11.2 Å². The molecule has 7 nitrogen and oxygen atoms in total. The third-order valence-corrected chi connectivity index (χ3v) is 4.64. The highest BCUT2D eigenvalue weighted by atomic mass is 19.1. The van der Waals surface area contributed by atoms with Crippen LogP contribution in [-0.4, -0.2) is 27.0 Å². The average Bonchev–Trinajstić information content (AvgIpc) is 3.48. The van der Waals surface area contributed by atoms with Crippen LogP contribution < -0.4 is 16.1 Å². The second-order valence-corrected chi connectivity index (χ2v) is 6.48. The minimum absolute atomic E-state index is 0.0391. The van der Waals surface area contributed by atoms with Crippen molar-refractivity contribution in [3.05, 3.63) is 68.7 Å². The Kier molecular flexibility index (Phi) is 4.10. The summed E-state index contributed by atoms with van der Waals surface area (Å²) < 4.78 is 14.6. The molecule has 1 aliphatic rings. The van der Waals surface area contributed by atoms with Gasteiger partial charge in [0.05, 0.1) is 10.9 Å². The van der Waals surface area contributed by atoms with E-state index in [1.807, 2.05) is 0 Å². The predicted octanol–water partition coefficient (Wildman–Crippen LogP) is 2.23. The van der Waals surface area contributed by atoms with Gasteiger partial charge < -0.3 is 4.90 Å². The molecule has 0 atom stereocenters. The fourth-order valence-corrected chi connectivity index (χ4v) is 3.15. The van der Waals surface area contributed by atoms with Gasteiger partial charge in [0.1, 0.15) is 11.5 Å². The van der Waals surface area contributed by atoms with Gasteiger partial charge in [-0.3, -0.25) is 19.1 Å². The molecular weight excluding hydrogens is 351 g/mol. The maximum atomic E-state index is 13.2.